The fourth-order valence-electron chi connectivity index (χ4n) is 5.32. The minimum Gasteiger partial charge on any atom is -0.496 e. The summed E-state index contributed by atoms with van der Waals surface area (Å²) in [5.41, 5.74) is 2.15. The van der Waals surface area contributed by atoms with Gasteiger partial charge in [-0.1, -0.05) is 0 Å². The second kappa shape index (κ2) is 10.6. The lowest BCUT2D eigenvalue weighted by molar-refractivity contribution is 0.0923. The molecule has 0 atom stereocenters. The average Bonchev–Trinajstić information content (AvgIpc) is 3.68. The number of aromatic nitrogens is 2. The number of ether oxygens (including phenoxy) is 1. The van der Waals surface area contributed by atoms with E-state index in [1.165, 1.54) is 38.4 Å². The molecule has 1 saturated carbocycles. The molecule has 0 spiro atoms. The second-order valence-electron chi connectivity index (χ2n) is 10.6. The number of methoxy groups -OCH3 is 1. The van der Waals surface area contributed by atoms with Crippen molar-refractivity contribution in [1.82, 2.24) is 20.6 Å². The number of halogens is 2. The normalized spacial score (nSPS) is 13.5. The molecule has 5 aromatic rings. The fraction of sp³-hybridized carbons (Fsp3) is 0.212. The number of nitrogens with one attached hydrogen (secondary N) is 2. The van der Waals surface area contributed by atoms with Crippen LogP contribution in [0.15, 0.2) is 65.2 Å². The molecule has 10 heteroatoms. The van der Waals surface area contributed by atoms with Crippen LogP contribution in [0.3, 0.4) is 0 Å². The average molecular weight is 583 g/mol. The number of carbonyl (C=O) groups is 2. The molecule has 2 aromatic heterocycles. The van der Waals surface area contributed by atoms with Crippen LogP contribution in [-0.2, 0) is 5.54 Å². The monoisotopic (exact) mass is 582 g/mol. The number of furan rings is 1. The van der Waals surface area contributed by atoms with Crippen LogP contribution in [0, 0.1) is 25.5 Å². The van der Waals surface area contributed by atoms with Crippen molar-refractivity contribution in [3.8, 4) is 28.2 Å². The first-order chi connectivity index (χ1) is 20.7. The van der Waals surface area contributed by atoms with Gasteiger partial charge in [0.1, 0.15) is 34.3 Å². The van der Waals surface area contributed by atoms with Crippen LogP contribution in [-0.4, -0.2) is 35.9 Å². The molecule has 2 amide bonds. The number of benzene rings is 3. The van der Waals surface area contributed by atoms with Gasteiger partial charge in [0.2, 0.25) is 0 Å². The summed E-state index contributed by atoms with van der Waals surface area (Å²) in [5.74, 6) is -1.13. The molecule has 0 aliphatic heterocycles. The van der Waals surface area contributed by atoms with Crippen LogP contribution in [0.4, 0.5) is 8.78 Å². The van der Waals surface area contributed by atoms with Crippen molar-refractivity contribution < 1.29 is 27.5 Å². The number of rotatable bonds is 7. The van der Waals surface area contributed by atoms with Gasteiger partial charge in [0, 0.05) is 30.1 Å². The highest BCUT2D eigenvalue weighted by molar-refractivity contribution is 6.12. The molecule has 0 saturated heterocycles. The highest BCUT2D eigenvalue weighted by atomic mass is 19.1. The Bertz CT molecular complexity index is 1910. The molecular weight excluding hydrogens is 554 g/mol. The van der Waals surface area contributed by atoms with Gasteiger partial charge in [-0.25, -0.2) is 18.7 Å². The first-order valence-corrected chi connectivity index (χ1v) is 13.7. The number of amides is 2. The first kappa shape index (κ1) is 28.0. The quantitative estimate of drug-likeness (QED) is 0.235. The van der Waals surface area contributed by atoms with Crippen molar-refractivity contribution in [2.75, 3.05) is 14.2 Å². The van der Waals surface area contributed by atoms with Gasteiger partial charge in [-0.15, -0.1) is 0 Å². The van der Waals surface area contributed by atoms with E-state index in [2.05, 4.69) is 20.6 Å². The highest BCUT2D eigenvalue weighted by Crippen LogP contribution is 2.45. The first-order valence-electron chi connectivity index (χ1n) is 13.7. The largest absolute Gasteiger partial charge is 0.496 e. The highest BCUT2D eigenvalue weighted by Gasteiger charge is 2.49. The van der Waals surface area contributed by atoms with E-state index in [1.807, 2.05) is 6.92 Å². The Morgan fingerprint density at radius 2 is 1.72 bits per heavy atom. The number of hydrogen-bond donors (Lipinski definition) is 2. The van der Waals surface area contributed by atoms with E-state index in [4.69, 9.17) is 9.15 Å². The molecule has 43 heavy (non-hydrogen) atoms. The Hall–Kier alpha value is -5.12. The van der Waals surface area contributed by atoms with E-state index in [-0.39, 0.29) is 33.4 Å². The Labute approximate surface area is 246 Å². The standard InChI is InChI=1S/C33H28F2N4O4/c1-17-15-25(42-4)23(30(40)39-33(12-13-33)32-37-14-11-18(2)38-32)16-22(17)21-9-10-24-26(28(21)35)27(31(41)36-3)29(43-24)19-5-7-20(34)8-6-19/h5-11,14-16H,12-13H2,1-4H3,(H,36,41)(H,39,40). The van der Waals surface area contributed by atoms with E-state index >= 15 is 4.39 Å². The lowest BCUT2D eigenvalue weighted by atomic mass is 9.94. The van der Waals surface area contributed by atoms with E-state index in [0.29, 0.717) is 41.1 Å². The molecule has 3 aromatic carbocycles. The van der Waals surface area contributed by atoms with Gasteiger partial charge in [0.15, 0.2) is 5.82 Å². The molecule has 1 aliphatic rings. The molecule has 1 fully saturated rings. The van der Waals surface area contributed by atoms with Crippen molar-refractivity contribution >= 4 is 22.8 Å². The lowest BCUT2D eigenvalue weighted by Gasteiger charge is -2.19. The Morgan fingerprint density at radius 3 is 2.37 bits per heavy atom. The summed E-state index contributed by atoms with van der Waals surface area (Å²) in [6.45, 7) is 3.65. The molecular formula is C33H28F2N4O4. The van der Waals surface area contributed by atoms with Gasteiger partial charge in [-0.2, -0.15) is 0 Å². The summed E-state index contributed by atoms with van der Waals surface area (Å²) in [6.07, 6.45) is 3.04. The zero-order valence-electron chi connectivity index (χ0n) is 24.0. The summed E-state index contributed by atoms with van der Waals surface area (Å²) in [6, 6.07) is 13.6. The number of aryl methyl sites for hydroxylation is 2. The van der Waals surface area contributed by atoms with Crippen molar-refractivity contribution in [3.05, 3.63) is 101 Å². The molecule has 6 rings (SSSR count). The lowest BCUT2D eigenvalue weighted by Crippen LogP contribution is -2.36. The fourth-order valence-corrected chi connectivity index (χ4v) is 5.32. The maximum Gasteiger partial charge on any atom is 0.255 e. The molecule has 1 aliphatic carbocycles. The molecule has 218 valence electrons. The van der Waals surface area contributed by atoms with E-state index in [0.717, 1.165) is 5.69 Å². The number of hydrogen-bond acceptors (Lipinski definition) is 6. The SMILES string of the molecule is CNC(=O)c1c(-c2ccc(F)cc2)oc2ccc(-c3cc(C(=O)NC4(c5nccc(C)n5)CC4)c(OC)cc3C)c(F)c12. The minimum atomic E-state index is -0.695. The van der Waals surface area contributed by atoms with Gasteiger partial charge in [0.25, 0.3) is 11.8 Å². The zero-order chi connectivity index (χ0) is 30.5. The Morgan fingerprint density at radius 1 is 0.977 bits per heavy atom. The van der Waals surface area contributed by atoms with Gasteiger partial charge in [-0.05, 0) is 92.4 Å². The summed E-state index contributed by atoms with van der Waals surface area (Å²) < 4.78 is 41.6. The third-order valence-electron chi connectivity index (χ3n) is 7.76. The van der Waals surface area contributed by atoms with E-state index in [9.17, 15) is 14.0 Å². The zero-order valence-corrected chi connectivity index (χ0v) is 24.0. The molecule has 8 nitrogen and oxygen atoms in total. The number of fused-ring (bicyclic) bond motifs is 1. The minimum absolute atomic E-state index is 0.0126. The summed E-state index contributed by atoms with van der Waals surface area (Å²) in [4.78, 5) is 35.6. The maximum absolute atomic E-state index is 16.5. The maximum atomic E-state index is 16.5. The topological polar surface area (TPSA) is 106 Å². The van der Waals surface area contributed by atoms with Crippen molar-refractivity contribution in [3.63, 3.8) is 0 Å². The Kier molecular flexibility index (Phi) is 6.92. The molecule has 0 radical (unpaired) electrons. The molecule has 2 N–H and O–H groups in total. The summed E-state index contributed by atoms with van der Waals surface area (Å²) >= 11 is 0. The van der Waals surface area contributed by atoms with E-state index < -0.39 is 29.0 Å². The van der Waals surface area contributed by atoms with Crippen LogP contribution < -0.4 is 15.4 Å². The number of nitrogens with zero attached hydrogens (tertiary/aromatic N) is 2. The van der Waals surface area contributed by atoms with Crippen LogP contribution in [0.5, 0.6) is 5.75 Å². The Balaban J connectivity index is 1.46. The van der Waals surface area contributed by atoms with Crippen LogP contribution >= 0.6 is 0 Å². The summed E-state index contributed by atoms with van der Waals surface area (Å²) in [5, 5.41) is 5.59. The van der Waals surface area contributed by atoms with Gasteiger partial charge < -0.3 is 19.8 Å². The van der Waals surface area contributed by atoms with Gasteiger partial charge in [-0.3, -0.25) is 9.59 Å². The predicted octanol–water partition coefficient (Wildman–Crippen LogP) is 6.24. The van der Waals surface area contributed by atoms with Crippen LogP contribution in [0.2, 0.25) is 0 Å². The van der Waals surface area contributed by atoms with Crippen molar-refractivity contribution in [2.45, 2.75) is 32.2 Å². The molecule has 0 unspecified atom stereocenters. The smallest absolute Gasteiger partial charge is 0.255 e. The third kappa shape index (κ3) is 4.88. The van der Waals surface area contributed by atoms with Crippen LogP contribution in [0.25, 0.3) is 33.4 Å². The predicted molar refractivity (Wildman–Crippen MR) is 157 cm³/mol. The number of carbonyl (C=O) groups excluding carboxylic acids is 2. The van der Waals surface area contributed by atoms with Gasteiger partial charge in [0.05, 0.1) is 23.6 Å². The third-order valence-corrected chi connectivity index (χ3v) is 7.76. The van der Waals surface area contributed by atoms with Gasteiger partial charge >= 0.3 is 0 Å². The molecule has 2 heterocycles. The van der Waals surface area contributed by atoms with E-state index in [1.54, 1.807) is 43.5 Å². The second-order valence-corrected chi connectivity index (χ2v) is 10.6. The van der Waals surface area contributed by atoms with Crippen molar-refractivity contribution in [2.24, 2.45) is 0 Å². The molecule has 0 bridgehead atoms. The summed E-state index contributed by atoms with van der Waals surface area (Å²) in [7, 11) is 2.90. The van der Waals surface area contributed by atoms with Crippen molar-refractivity contribution in [1.29, 1.82) is 0 Å². The van der Waals surface area contributed by atoms with Crippen LogP contribution in [0.1, 0.15) is 50.6 Å².